The van der Waals surface area contributed by atoms with E-state index in [1.165, 1.54) is 13.2 Å². The number of aliphatic imine (C=N–C) groups is 1. The van der Waals surface area contributed by atoms with E-state index in [4.69, 9.17) is 25.8 Å². The molecule has 31 heavy (non-hydrogen) atoms. The average molecular weight is 436 g/mol. The van der Waals surface area contributed by atoms with Crippen LogP contribution in [0.15, 0.2) is 65.3 Å². The molecule has 0 fully saturated rings. The normalized spacial score (nSPS) is 14.5. The Morgan fingerprint density at radius 3 is 2.65 bits per heavy atom. The molecule has 3 aromatic carbocycles. The molecule has 3 aromatic rings. The summed E-state index contributed by atoms with van der Waals surface area (Å²) in [4.78, 5) is 28.4. The molecule has 6 nitrogen and oxygen atoms in total. The summed E-state index contributed by atoms with van der Waals surface area (Å²) in [5.41, 5.74) is 1.38. The standard InChI is InChI=1S/C24H18ClNO5/c1-3-21(27)30-22-18(25)10-14(12-20(22)29-2)11-19-24(28)31-23(26-19)17-9-8-15-6-4-5-7-16(15)13-17/h4-13H,3H2,1-2H3/b19-11-. The van der Waals surface area contributed by atoms with Gasteiger partial charge in [-0.1, -0.05) is 48.9 Å². The quantitative estimate of drug-likeness (QED) is 0.314. The molecule has 0 aliphatic carbocycles. The highest BCUT2D eigenvalue weighted by molar-refractivity contribution is 6.32. The number of carbonyl (C=O) groups is 2. The van der Waals surface area contributed by atoms with Crippen LogP contribution in [-0.2, 0) is 14.3 Å². The van der Waals surface area contributed by atoms with Gasteiger partial charge in [0, 0.05) is 12.0 Å². The molecule has 0 saturated carbocycles. The molecule has 0 bridgehead atoms. The molecule has 1 heterocycles. The maximum atomic E-state index is 12.4. The van der Waals surface area contributed by atoms with Crippen LogP contribution < -0.4 is 9.47 Å². The van der Waals surface area contributed by atoms with Gasteiger partial charge in [0.1, 0.15) is 0 Å². The van der Waals surface area contributed by atoms with E-state index in [1.807, 2.05) is 42.5 Å². The predicted molar refractivity (Wildman–Crippen MR) is 118 cm³/mol. The number of ether oxygens (including phenoxy) is 3. The number of halogens is 1. The number of fused-ring (bicyclic) bond motifs is 1. The average Bonchev–Trinajstić information content (AvgIpc) is 3.14. The first kappa shape index (κ1) is 20.6. The fourth-order valence-electron chi connectivity index (χ4n) is 3.12. The highest BCUT2D eigenvalue weighted by Crippen LogP contribution is 2.37. The van der Waals surface area contributed by atoms with Crippen LogP contribution in [-0.4, -0.2) is 24.9 Å². The smallest absolute Gasteiger partial charge is 0.363 e. The van der Waals surface area contributed by atoms with Gasteiger partial charge in [0.15, 0.2) is 17.2 Å². The van der Waals surface area contributed by atoms with E-state index in [0.717, 1.165) is 10.8 Å². The first-order chi connectivity index (χ1) is 15.0. The second kappa shape index (κ2) is 8.62. The second-order valence-corrected chi connectivity index (χ2v) is 7.17. The molecule has 0 amide bonds. The van der Waals surface area contributed by atoms with Gasteiger partial charge >= 0.3 is 11.9 Å². The minimum Gasteiger partial charge on any atom is -0.493 e. The number of hydrogen-bond acceptors (Lipinski definition) is 6. The molecular weight excluding hydrogens is 418 g/mol. The maximum absolute atomic E-state index is 12.4. The molecule has 4 rings (SSSR count). The van der Waals surface area contributed by atoms with Gasteiger partial charge in [0.25, 0.3) is 0 Å². The summed E-state index contributed by atoms with van der Waals surface area (Å²) in [6.45, 7) is 1.68. The first-order valence-corrected chi connectivity index (χ1v) is 9.96. The number of carbonyl (C=O) groups excluding carboxylic acids is 2. The summed E-state index contributed by atoms with van der Waals surface area (Å²) in [6.07, 6.45) is 1.74. The number of nitrogens with zero attached hydrogens (tertiary/aromatic N) is 1. The minimum absolute atomic E-state index is 0.125. The molecular formula is C24H18ClNO5. The van der Waals surface area contributed by atoms with Gasteiger partial charge in [0.2, 0.25) is 5.90 Å². The van der Waals surface area contributed by atoms with Gasteiger partial charge in [0.05, 0.1) is 12.1 Å². The summed E-state index contributed by atoms with van der Waals surface area (Å²) in [5, 5.41) is 2.28. The van der Waals surface area contributed by atoms with Crippen molar-refractivity contribution in [2.45, 2.75) is 13.3 Å². The van der Waals surface area contributed by atoms with Crippen molar-refractivity contribution < 1.29 is 23.8 Å². The number of hydrogen-bond donors (Lipinski definition) is 0. The van der Waals surface area contributed by atoms with Crippen molar-refractivity contribution in [3.63, 3.8) is 0 Å². The Balaban J connectivity index is 1.67. The fourth-order valence-corrected chi connectivity index (χ4v) is 3.38. The van der Waals surface area contributed by atoms with Crippen LogP contribution in [0.25, 0.3) is 16.8 Å². The van der Waals surface area contributed by atoms with Crippen LogP contribution in [0.1, 0.15) is 24.5 Å². The van der Waals surface area contributed by atoms with Crippen LogP contribution >= 0.6 is 11.6 Å². The Hall–Kier alpha value is -3.64. The van der Waals surface area contributed by atoms with Gasteiger partial charge in [-0.15, -0.1) is 0 Å². The van der Waals surface area contributed by atoms with Crippen molar-refractivity contribution in [2.75, 3.05) is 7.11 Å². The van der Waals surface area contributed by atoms with E-state index < -0.39 is 11.9 Å². The monoisotopic (exact) mass is 435 g/mol. The van der Waals surface area contributed by atoms with Gasteiger partial charge in [-0.3, -0.25) is 4.79 Å². The lowest BCUT2D eigenvalue weighted by Crippen LogP contribution is -2.07. The number of cyclic esters (lactones) is 1. The number of rotatable bonds is 5. The van der Waals surface area contributed by atoms with Gasteiger partial charge in [-0.05, 0) is 46.7 Å². The molecule has 156 valence electrons. The SMILES string of the molecule is CCC(=O)Oc1c(Cl)cc(/C=C2\N=C(c3ccc4ccccc4c3)OC2=O)cc1OC. The topological polar surface area (TPSA) is 74.2 Å². The van der Waals surface area contributed by atoms with Crippen LogP contribution in [0.4, 0.5) is 0 Å². The zero-order chi connectivity index (χ0) is 22.0. The lowest BCUT2D eigenvalue weighted by Gasteiger charge is -2.11. The molecule has 0 radical (unpaired) electrons. The molecule has 7 heteroatoms. The lowest BCUT2D eigenvalue weighted by molar-refractivity contribution is -0.134. The van der Waals surface area contributed by atoms with Crippen molar-refractivity contribution in [1.29, 1.82) is 0 Å². The Kier molecular flexibility index (Phi) is 5.73. The van der Waals surface area contributed by atoms with Crippen LogP contribution in [0.3, 0.4) is 0 Å². The summed E-state index contributed by atoms with van der Waals surface area (Å²) >= 11 is 6.28. The Labute approximate surface area is 183 Å². The summed E-state index contributed by atoms with van der Waals surface area (Å²) in [5.74, 6) is -0.373. The van der Waals surface area contributed by atoms with E-state index in [1.54, 1.807) is 19.1 Å². The lowest BCUT2D eigenvalue weighted by atomic mass is 10.1. The molecule has 0 N–H and O–H groups in total. The third-order valence-corrected chi connectivity index (χ3v) is 4.96. The van der Waals surface area contributed by atoms with E-state index in [9.17, 15) is 9.59 Å². The predicted octanol–water partition coefficient (Wildman–Crippen LogP) is 5.16. The Bertz CT molecular complexity index is 1260. The minimum atomic E-state index is -0.570. The molecule has 0 unspecified atom stereocenters. The summed E-state index contributed by atoms with van der Waals surface area (Å²) < 4.78 is 15.9. The molecule has 0 spiro atoms. The largest absolute Gasteiger partial charge is 0.493 e. The van der Waals surface area contributed by atoms with Crippen LogP contribution in [0, 0.1) is 0 Å². The number of methoxy groups -OCH3 is 1. The third-order valence-electron chi connectivity index (χ3n) is 4.68. The first-order valence-electron chi connectivity index (χ1n) is 9.58. The molecule has 1 aliphatic heterocycles. The van der Waals surface area contributed by atoms with E-state index in [-0.39, 0.29) is 34.5 Å². The van der Waals surface area contributed by atoms with E-state index in [2.05, 4.69) is 4.99 Å². The van der Waals surface area contributed by atoms with Crippen molar-refractivity contribution in [1.82, 2.24) is 0 Å². The summed E-state index contributed by atoms with van der Waals surface area (Å²) in [6, 6.07) is 16.8. The zero-order valence-corrected chi connectivity index (χ0v) is 17.6. The fraction of sp³-hybridized carbons (Fsp3) is 0.125. The van der Waals surface area contributed by atoms with Gasteiger partial charge in [-0.25, -0.2) is 9.79 Å². The van der Waals surface area contributed by atoms with Gasteiger partial charge < -0.3 is 14.2 Å². The van der Waals surface area contributed by atoms with E-state index in [0.29, 0.717) is 11.1 Å². The molecule has 0 saturated heterocycles. The summed E-state index contributed by atoms with van der Waals surface area (Å²) in [7, 11) is 1.44. The van der Waals surface area contributed by atoms with Crippen molar-refractivity contribution in [3.8, 4) is 11.5 Å². The highest BCUT2D eigenvalue weighted by atomic mass is 35.5. The molecule has 1 aliphatic rings. The van der Waals surface area contributed by atoms with Crippen molar-refractivity contribution in [2.24, 2.45) is 4.99 Å². The van der Waals surface area contributed by atoms with Gasteiger partial charge in [-0.2, -0.15) is 0 Å². The van der Waals surface area contributed by atoms with Crippen LogP contribution in [0.5, 0.6) is 11.5 Å². The number of esters is 2. The maximum Gasteiger partial charge on any atom is 0.363 e. The highest BCUT2D eigenvalue weighted by Gasteiger charge is 2.25. The van der Waals surface area contributed by atoms with Crippen molar-refractivity contribution >= 4 is 46.3 Å². The number of benzene rings is 3. The zero-order valence-electron chi connectivity index (χ0n) is 16.8. The van der Waals surface area contributed by atoms with Crippen LogP contribution in [0.2, 0.25) is 5.02 Å². The van der Waals surface area contributed by atoms with Crippen molar-refractivity contribution in [3.05, 3.63) is 76.4 Å². The Morgan fingerprint density at radius 2 is 1.90 bits per heavy atom. The second-order valence-electron chi connectivity index (χ2n) is 6.76. The molecule has 0 atom stereocenters. The molecule has 0 aromatic heterocycles. The Morgan fingerprint density at radius 1 is 1.13 bits per heavy atom. The third kappa shape index (κ3) is 4.29. The van der Waals surface area contributed by atoms with E-state index >= 15 is 0 Å².